The largest absolute Gasteiger partial charge is 0.350 e. The van der Waals surface area contributed by atoms with Crippen LogP contribution in [0, 0.1) is 6.92 Å². The molecule has 0 aliphatic carbocycles. The molecule has 1 N–H and O–H groups in total. The second kappa shape index (κ2) is 9.11. The minimum atomic E-state index is -3.94. The number of nitrogens with zero attached hydrogens (tertiary/aromatic N) is 1. The zero-order valence-electron chi connectivity index (χ0n) is 15.9. The number of nitrogens with one attached hydrogen (secondary N) is 1. The number of aryl methyl sites for hydroxylation is 1. The van der Waals surface area contributed by atoms with Gasteiger partial charge in [0.25, 0.3) is 10.0 Å². The maximum Gasteiger partial charge on any atom is 0.264 e. The van der Waals surface area contributed by atoms with Crippen molar-refractivity contribution in [1.29, 1.82) is 0 Å². The molecule has 7 heteroatoms. The number of anilines is 1. The van der Waals surface area contributed by atoms with E-state index in [-0.39, 0.29) is 11.4 Å². The molecule has 0 fully saturated rings. The second-order valence-corrected chi connectivity index (χ2v) is 8.80. The van der Waals surface area contributed by atoms with E-state index in [2.05, 4.69) is 5.32 Å². The van der Waals surface area contributed by atoms with Crippen molar-refractivity contribution in [2.75, 3.05) is 10.8 Å². The number of hydrogen-bond acceptors (Lipinski definition) is 3. The molecule has 0 saturated carbocycles. The van der Waals surface area contributed by atoms with Crippen molar-refractivity contribution in [3.63, 3.8) is 0 Å². The lowest BCUT2D eigenvalue weighted by Crippen LogP contribution is -2.40. The summed E-state index contributed by atoms with van der Waals surface area (Å²) in [6, 6.07) is 22.1. The molecule has 0 bridgehead atoms. The fourth-order valence-corrected chi connectivity index (χ4v) is 4.38. The van der Waals surface area contributed by atoms with Crippen molar-refractivity contribution in [3.8, 4) is 0 Å². The van der Waals surface area contributed by atoms with Crippen LogP contribution in [0.4, 0.5) is 5.69 Å². The molecule has 0 heterocycles. The number of hydrogen-bond donors (Lipinski definition) is 1. The Labute approximate surface area is 176 Å². The van der Waals surface area contributed by atoms with Crippen molar-refractivity contribution in [2.24, 2.45) is 0 Å². The van der Waals surface area contributed by atoms with Crippen LogP contribution in [-0.4, -0.2) is 20.9 Å². The standard InChI is InChI=1S/C22H21ClN2O3S/c1-17-7-5-6-8-18(17)15-24-22(26)16-25(20-9-3-2-4-10-20)29(27,28)21-13-11-19(23)12-14-21/h2-14H,15-16H2,1H3,(H,24,26). The van der Waals surface area contributed by atoms with Crippen LogP contribution >= 0.6 is 11.6 Å². The van der Waals surface area contributed by atoms with Crippen LogP contribution in [0.3, 0.4) is 0 Å². The van der Waals surface area contributed by atoms with Gasteiger partial charge in [0, 0.05) is 11.6 Å². The summed E-state index contributed by atoms with van der Waals surface area (Å²) in [6.45, 7) is 1.96. The maximum absolute atomic E-state index is 13.2. The van der Waals surface area contributed by atoms with Gasteiger partial charge in [0.2, 0.25) is 5.91 Å². The van der Waals surface area contributed by atoms with Crippen molar-refractivity contribution in [1.82, 2.24) is 5.32 Å². The number of para-hydroxylation sites is 1. The molecule has 1 amide bonds. The van der Waals surface area contributed by atoms with E-state index in [0.717, 1.165) is 15.4 Å². The van der Waals surface area contributed by atoms with E-state index in [1.807, 2.05) is 31.2 Å². The third-order valence-electron chi connectivity index (χ3n) is 4.47. The van der Waals surface area contributed by atoms with Crippen molar-refractivity contribution >= 4 is 33.2 Å². The van der Waals surface area contributed by atoms with E-state index in [1.165, 1.54) is 24.3 Å². The first kappa shape index (κ1) is 20.9. The molecule has 3 rings (SSSR count). The van der Waals surface area contributed by atoms with Crippen molar-refractivity contribution in [2.45, 2.75) is 18.4 Å². The van der Waals surface area contributed by atoms with Crippen molar-refractivity contribution < 1.29 is 13.2 Å². The lowest BCUT2D eigenvalue weighted by molar-refractivity contribution is -0.119. The molecule has 0 atom stereocenters. The highest BCUT2D eigenvalue weighted by molar-refractivity contribution is 7.92. The molecular formula is C22H21ClN2O3S. The van der Waals surface area contributed by atoms with Crippen LogP contribution in [0.15, 0.2) is 83.8 Å². The van der Waals surface area contributed by atoms with Crippen molar-refractivity contribution in [3.05, 3.63) is 95.0 Å². The zero-order valence-corrected chi connectivity index (χ0v) is 17.5. The summed E-state index contributed by atoms with van der Waals surface area (Å²) in [7, 11) is -3.94. The van der Waals surface area contributed by atoms with Gasteiger partial charge in [-0.3, -0.25) is 9.10 Å². The fraction of sp³-hybridized carbons (Fsp3) is 0.136. The van der Waals surface area contributed by atoms with E-state index < -0.39 is 15.9 Å². The fourth-order valence-electron chi connectivity index (χ4n) is 2.83. The van der Waals surface area contributed by atoms with E-state index in [9.17, 15) is 13.2 Å². The molecule has 0 unspecified atom stereocenters. The molecule has 150 valence electrons. The predicted octanol–water partition coefficient (Wildman–Crippen LogP) is 4.16. The minimum Gasteiger partial charge on any atom is -0.350 e. The molecule has 5 nitrogen and oxygen atoms in total. The summed E-state index contributed by atoms with van der Waals surface area (Å²) < 4.78 is 27.5. The first-order valence-electron chi connectivity index (χ1n) is 9.02. The molecule has 0 radical (unpaired) electrons. The van der Waals surface area contributed by atoms with Gasteiger partial charge in [-0.1, -0.05) is 54.1 Å². The van der Waals surface area contributed by atoms with Crippen LogP contribution in [0.2, 0.25) is 5.02 Å². The molecule has 0 aliphatic rings. The Balaban J connectivity index is 1.84. The second-order valence-electron chi connectivity index (χ2n) is 6.50. The molecule has 3 aromatic carbocycles. The first-order chi connectivity index (χ1) is 13.9. The normalized spacial score (nSPS) is 11.1. The number of benzene rings is 3. The number of carbonyl (C=O) groups excluding carboxylic acids is 1. The lowest BCUT2D eigenvalue weighted by atomic mass is 10.1. The molecule has 0 aliphatic heterocycles. The first-order valence-corrected chi connectivity index (χ1v) is 10.8. The van der Waals surface area contributed by atoms with Gasteiger partial charge in [0.1, 0.15) is 6.54 Å². The topological polar surface area (TPSA) is 66.5 Å². The molecule has 0 saturated heterocycles. The monoisotopic (exact) mass is 428 g/mol. The highest BCUT2D eigenvalue weighted by atomic mass is 35.5. The number of halogens is 1. The van der Waals surface area contributed by atoms with Crippen LogP contribution in [0.25, 0.3) is 0 Å². The number of rotatable bonds is 7. The summed E-state index contributed by atoms with van der Waals surface area (Å²) >= 11 is 5.88. The van der Waals surface area contributed by atoms with Crippen LogP contribution < -0.4 is 9.62 Å². The van der Waals surface area contributed by atoms with E-state index in [1.54, 1.807) is 30.3 Å². The Hall–Kier alpha value is -2.83. The number of carbonyl (C=O) groups is 1. The Morgan fingerprint density at radius 1 is 0.931 bits per heavy atom. The Kier molecular flexibility index (Phi) is 6.56. The van der Waals surface area contributed by atoms with E-state index in [4.69, 9.17) is 11.6 Å². The quantitative estimate of drug-likeness (QED) is 0.614. The van der Waals surface area contributed by atoms with E-state index in [0.29, 0.717) is 17.3 Å². The van der Waals surface area contributed by atoms with Gasteiger partial charge < -0.3 is 5.32 Å². The lowest BCUT2D eigenvalue weighted by Gasteiger charge is -2.24. The van der Waals surface area contributed by atoms with Gasteiger partial charge in [-0.05, 0) is 54.4 Å². The van der Waals surface area contributed by atoms with Gasteiger partial charge in [0.15, 0.2) is 0 Å². The molecular weight excluding hydrogens is 408 g/mol. The Bertz CT molecular complexity index is 1080. The third-order valence-corrected chi connectivity index (χ3v) is 6.51. The molecule has 3 aromatic rings. The minimum absolute atomic E-state index is 0.0671. The van der Waals surface area contributed by atoms with E-state index >= 15 is 0 Å². The highest BCUT2D eigenvalue weighted by Crippen LogP contribution is 2.24. The van der Waals surface area contributed by atoms with Crippen LogP contribution in [-0.2, 0) is 21.4 Å². The zero-order chi connectivity index (χ0) is 20.9. The molecule has 29 heavy (non-hydrogen) atoms. The van der Waals surface area contributed by atoms with Gasteiger partial charge in [-0.15, -0.1) is 0 Å². The van der Waals surface area contributed by atoms with Crippen LogP contribution in [0.5, 0.6) is 0 Å². The Morgan fingerprint density at radius 3 is 2.21 bits per heavy atom. The summed E-state index contributed by atoms with van der Waals surface area (Å²) in [5, 5.41) is 3.24. The SMILES string of the molecule is Cc1ccccc1CNC(=O)CN(c1ccccc1)S(=O)(=O)c1ccc(Cl)cc1. The summed E-state index contributed by atoms with van der Waals surface area (Å²) in [6.07, 6.45) is 0. The summed E-state index contributed by atoms with van der Waals surface area (Å²) in [5.41, 5.74) is 2.45. The van der Waals surface area contributed by atoms with Crippen LogP contribution in [0.1, 0.15) is 11.1 Å². The van der Waals surface area contributed by atoms with Gasteiger partial charge in [-0.25, -0.2) is 8.42 Å². The number of sulfonamides is 1. The predicted molar refractivity (Wildman–Crippen MR) is 115 cm³/mol. The average molecular weight is 429 g/mol. The van der Waals surface area contributed by atoms with Gasteiger partial charge in [-0.2, -0.15) is 0 Å². The average Bonchev–Trinajstić information content (AvgIpc) is 2.72. The summed E-state index contributed by atoms with van der Waals surface area (Å²) in [5.74, 6) is -0.394. The maximum atomic E-state index is 13.2. The molecule has 0 spiro atoms. The van der Waals surface area contributed by atoms with Gasteiger partial charge >= 0.3 is 0 Å². The third kappa shape index (κ3) is 5.16. The highest BCUT2D eigenvalue weighted by Gasteiger charge is 2.27. The number of amides is 1. The van der Waals surface area contributed by atoms with Gasteiger partial charge in [0.05, 0.1) is 10.6 Å². The Morgan fingerprint density at radius 2 is 1.55 bits per heavy atom. The summed E-state index contributed by atoms with van der Waals surface area (Å²) in [4.78, 5) is 12.7. The molecule has 0 aromatic heterocycles. The smallest absolute Gasteiger partial charge is 0.264 e.